The van der Waals surface area contributed by atoms with Crippen LogP contribution in [0.2, 0.25) is 0 Å². The van der Waals surface area contributed by atoms with Gasteiger partial charge in [0.25, 0.3) is 5.69 Å². The maximum atomic E-state index is 10.7. The van der Waals surface area contributed by atoms with E-state index in [9.17, 15) is 10.1 Å². The average Bonchev–Trinajstić information content (AvgIpc) is 2.60. The van der Waals surface area contributed by atoms with Gasteiger partial charge in [-0.05, 0) is 30.4 Å². The van der Waals surface area contributed by atoms with E-state index in [-0.39, 0.29) is 10.6 Å². The summed E-state index contributed by atoms with van der Waals surface area (Å²) in [4.78, 5) is 10.3. The summed E-state index contributed by atoms with van der Waals surface area (Å²) >= 11 is 0. The Labute approximate surface area is 87.4 Å². The summed E-state index contributed by atoms with van der Waals surface area (Å²) in [5.74, 6) is 0. The Morgan fingerprint density at radius 3 is 3.07 bits per heavy atom. The molecule has 4 heteroatoms. The maximum absolute atomic E-state index is 10.7. The van der Waals surface area contributed by atoms with E-state index in [0.717, 1.165) is 18.4 Å². The molecule has 15 heavy (non-hydrogen) atoms. The number of nitrogens with zero attached hydrogens (tertiary/aromatic N) is 1. The molecule has 4 nitrogen and oxygen atoms in total. The topological polar surface area (TPSA) is 55.2 Å². The Morgan fingerprint density at radius 1 is 1.40 bits per heavy atom. The Morgan fingerprint density at radius 2 is 2.27 bits per heavy atom. The molecular weight excluding hydrogens is 192 g/mol. The van der Waals surface area contributed by atoms with E-state index < -0.39 is 0 Å². The van der Waals surface area contributed by atoms with Gasteiger partial charge in [-0.2, -0.15) is 0 Å². The molecule has 2 aliphatic rings. The van der Waals surface area contributed by atoms with Crippen LogP contribution < -0.4 is 5.32 Å². The fourth-order valence-corrected chi connectivity index (χ4v) is 2.71. The van der Waals surface area contributed by atoms with Gasteiger partial charge in [0, 0.05) is 24.2 Å². The van der Waals surface area contributed by atoms with Crippen molar-refractivity contribution in [2.75, 3.05) is 0 Å². The highest BCUT2D eigenvalue weighted by molar-refractivity contribution is 5.43. The zero-order valence-corrected chi connectivity index (χ0v) is 8.27. The number of hydrogen-bond donors (Lipinski definition) is 1. The first-order valence-corrected chi connectivity index (χ1v) is 5.27. The lowest BCUT2D eigenvalue weighted by molar-refractivity contribution is -0.384. The number of hydrogen-bond acceptors (Lipinski definition) is 3. The van der Waals surface area contributed by atoms with Crippen LogP contribution >= 0.6 is 0 Å². The molecule has 0 amide bonds. The third-order valence-corrected chi connectivity index (χ3v) is 3.42. The van der Waals surface area contributed by atoms with Gasteiger partial charge in [0.1, 0.15) is 0 Å². The fraction of sp³-hybridized carbons (Fsp3) is 0.455. The first kappa shape index (κ1) is 8.85. The number of nitro benzene ring substituents is 1. The number of benzene rings is 1. The second-order valence-corrected chi connectivity index (χ2v) is 4.34. The monoisotopic (exact) mass is 204 g/mol. The summed E-state index contributed by atoms with van der Waals surface area (Å²) in [6, 6.07) is 6.22. The molecule has 0 aliphatic carbocycles. The number of nitrogens with one attached hydrogen (secondary N) is 1. The first-order chi connectivity index (χ1) is 7.24. The molecule has 3 rings (SSSR count). The Kier molecular flexibility index (Phi) is 1.79. The van der Waals surface area contributed by atoms with Crippen molar-refractivity contribution in [2.45, 2.75) is 31.3 Å². The predicted octanol–water partition coefficient (Wildman–Crippen LogP) is 1.94. The van der Waals surface area contributed by atoms with Crippen molar-refractivity contribution < 1.29 is 4.92 Å². The number of nitro groups is 1. The highest BCUT2D eigenvalue weighted by Crippen LogP contribution is 2.37. The smallest absolute Gasteiger partial charge is 0.269 e. The van der Waals surface area contributed by atoms with Gasteiger partial charge in [0.15, 0.2) is 0 Å². The van der Waals surface area contributed by atoms with Crippen molar-refractivity contribution in [3.05, 3.63) is 39.4 Å². The van der Waals surface area contributed by atoms with Gasteiger partial charge >= 0.3 is 0 Å². The summed E-state index contributed by atoms with van der Waals surface area (Å²) in [6.07, 6.45) is 3.29. The molecule has 2 atom stereocenters. The van der Waals surface area contributed by atoms with Crippen molar-refractivity contribution >= 4 is 5.69 Å². The van der Waals surface area contributed by atoms with Crippen molar-refractivity contribution in [2.24, 2.45) is 0 Å². The van der Waals surface area contributed by atoms with Crippen LogP contribution in [0.25, 0.3) is 0 Å². The van der Waals surface area contributed by atoms with Gasteiger partial charge in [-0.25, -0.2) is 0 Å². The zero-order chi connectivity index (χ0) is 10.4. The number of fused-ring (bicyclic) bond motifs is 4. The van der Waals surface area contributed by atoms with Crippen molar-refractivity contribution in [3.63, 3.8) is 0 Å². The Balaban J connectivity index is 2.06. The van der Waals surface area contributed by atoms with Crippen molar-refractivity contribution in [1.82, 2.24) is 5.32 Å². The van der Waals surface area contributed by atoms with Gasteiger partial charge < -0.3 is 5.32 Å². The van der Waals surface area contributed by atoms with E-state index in [2.05, 4.69) is 5.32 Å². The summed E-state index contributed by atoms with van der Waals surface area (Å²) in [6.45, 7) is 0. The molecule has 2 unspecified atom stereocenters. The summed E-state index contributed by atoms with van der Waals surface area (Å²) in [7, 11) is 0. The van der Waals surface area contributed by atoms with Gasteiger partial charge in [-0.3, -0.25) is 10.1 Å². The van der Waals surface area contributed by atoms with Crippen LogP contribution in [0.1, 0.15) is 30.0 Å². The van der Waals surface area contributed by atoms with Crippen LogP contribution in [0.4, 0.5) is 5.69 Å². The van der Waals surface area contributed by atoms with Crippen LogP contribution in [0.3, 0.4) is 0 Å². The van der Waals surface area contributed by atoms with Gasteiger partial charge in [0.05, 0.1) is 4.92 Å². The van der Waals surface area contributed by atoms with Crippen molar-refractivity contribution in [1.29, 1.82) is 0 Å². The number of rotatable bonds is 1. The molecule has 1 aromatic carbocycles. The summed E-state index contributed by atoms with van der Waals surface area (Å²) < 4.78 is 0. The minimum Gasteiger partial charge on any atom is -0.307 e. The lowest BCUT2D eigenvalue weighted by Gasteiger charge is -2.24. The van der Waals surface area contributed by atoms with Crippen LogP contribution in [-0.4, -0.2) is 11.0 Å². The molecule has 1 N–H and O–H groups in total. The zero-order valence-electron chi connectivity index (χ0n) is 8.27. The van der Waals surface area contributed by atoms with E-state index in [4.69, 9.17) is 0 Å². The maximum Gasteiger partial charge on any atom is 0.269 e. The molecule has 0 radical (unpaired) electrons. The van der Waals surface area contributed by atoms with Crippen LogP contribution in [-0.2, 0) is 6.42 Å². The second kappa shape index (κ2) is 3.03. The average molecular weight is 204 g/mol. The van der Waals surface area contributed by atoms with Gasteiger partial charge in [-0.1, -0.05) is 6.07 Å². The summed E-state index contributed by atoms with van der Waals surface area (Å²) in [5.41, 5.74) is 2.64. The first-order valence-electron chi connectivity index (χ1n) is 5.27. The quantitative estimate of drug-likeness (QED) is 0.561. The molecule has 78 valence electrons. The Bertz CT molecular complexity index is 431. The third-order valence-electron chi connectivity index (χ3n) is 3.42. The normalized spacial score (nSPS) is 27.5. The molecule has 2 heterocycles. The third kappa shape index (κ3) is 1.33. The molecule has 2 bridgehead atoms. The SMILES string of the molecule is O=[N+]([O-])c1ccc2c(c1)CC1CCC2N1. The molecular formula is C11H12N2O2. The molecule has 1 aromatic rings. The van der Waals surface area contributed by atoms with E-state index in [1.807, 2.05) is 6.07 Å². The van der Waals surface area contributed by atoms with E-state index in [1.165, 1.54) is 12.0 Å². The lowest BCUT2D eigenvalue weighted by atomic mass is 9.95. The van der Waals surface area contributed by atoms with Crippen LogP contribution in [0.15, 0.2) is 18.2 Å². The van der Waals surface area contributed by atoms with E-state index in [1.54, 1.807) is 12.1 Å². The lowest BCUT2D eigenvalue weighted by Crippen LogP contribution is -2.31. The number of non-ortho nitro benzene ring substituents is 1. The van der Waals surface area contributed by atoms with Gasteiger partial charge in [-0.15, -0.1) is 0 Å². The summed E-state index contributed by atoms with van der Waals surface area (Å²) in [5, 5.41) is 14.2. The Hall–Kier alpha value is -1.42. The molecule has 0 saturated carbocycles. The van der Waals surface area contributed by atoms with Crippen LogP contribution in [0, 0.1) is 10.1 Å². The highest BCUT2D eigenvalue weighted by atomic mass is 16.6. The predicted molar refractivity (Wildman–Crippen MR) is 55.7 cm³/mol. The fourth-order valence-electron chi connectivity index (χ4n) is 2.71. The molecule has 2 aliphatic heterocycles. The van der Waals surface area contributed by atoms with Gasteiger partial charge in [0.2, 0.25) is 0 Å². The second-order valence-electron chi connectivity index (χ2n) is 4.34. The molecule has 0 aromatic heterocycles. The molecule has 1 saturated heterocycles. The van der Waals surface area contributed by atoms with E-state index >= 15 is 0 Å². The minimum atomic E-state index is -0.315. The standard InChI is InChI=1S/C11H12N2O2/c14-13(15)9-2-3-10-7(6-9)5-8-1-4-11(10)12-8/h2-3,6,8,11-12H,1,4-5H2. The van der Waals surface area contributed by atoms with Crippen molar-refractivity contribution in [3.8, 4) is 0 Å². The molecule has 0 spiro atoms. The minimum absolute atomic E-state index is 0.218. The highest BCUT2D eigenvalue weighted by Gasteiger charge is 2.32. The molecule has 1 fully saturated rings. The van der Waals surface area contributed by atoms with E-state index in [0.29, 0.717) is 12.1 Å². The van der Waals surface area contributed by atoms with Crippen LogP contribution in [0.5, 0.6) is 0 Å². The largest absolute Gasteiger partial charge is 0.307 e.